The Kier molecular flexibility index (Phi) is 4.59. The SMILES string of the molecule is N#Cc1ccc(Oc2ccccc2N=C(N)CCl)cc1. The standard InChI is InChI=1S/C15H12ClN3O/c16-9-15(18)19-13-3-1-2-4-14(13)20-12-7-5-11(10-17)6-8-12/h1-8H,9H2,(H2,18,19). The molecule has 0 atom stereocenters. The summed E-state index contributed by atoms with van der Waals surface area (Å²) in [5.74, 6) is 1.68. The van der Waals surface area contributed by atoms with Gasteiger partial charge in [-0.05, 0) is 36.4 Å². The number of rotatable bonds is 4. The lowest BCUT2D eigenvalue weighted by molar-refractivity contribution is 0.484. The third-order valence-electron chi connectivity index (χ3n) is 2.48. The molecule has 4 nitrogen and oxygen atoms in total. The molecule has 2 aromatic rings. The third kappa shape index (κ3) is 3.50. The zero-order chi connectivity index (χ0) is 14.4. The zero-order valence-corrected chi connectivity index (χ0v) is 11.3. The third-order valence-corrected chi connectivity index (χ3v) is 2.75. The second-order valence-corrected chi connectivity index (χ2v) is 4.21. The highest BCUT2D eigenvalue weighted by Gasteiger charge is 2.04. The van der Waals surface area contributed by atoms with Crippen LogP contribution < -0.4 is 10.5 Å². The van der Waals surface area contributed by atoms with E-state index in [0.717, 1.165) is 0 Å². The van der Waals surface area contributed by atoms with Crippen molar-refractivity contribution in [2.75, 3.05) is 5.88 Å². The Balaban J connectivity index is 2.27. The molecule has 2 aromatic carbocycles. The summed E-state index contributed by atoms with van der Waals surface area (Å²) < 4.78 is 5.74. The van der Waals surface area contributed by atoms with E-state index in [1.54, 1.807) is 36.4 Å². The molecule has 0 amide bonds. The van der Waals surface area contributed by atoms with Crippen molar-refractivity contribution in [2.24, 2.45) is 10.7 Å². The number of alkyl halides is 1. The molecule has 2 N–H and O–H groups in total. The van der Waals surface area contributed by atoms with E-state index < -0.39 is 0 Å². The van der Waals surface area contributed by atoms with Crippen LogP contribution in [0.15, 0.2) is 53.5 Å². The van der Waals surface area contributed by atoms with Gasteiger partial charge in [-0.25, -0.2) is 4.99 Å². The number of para-hydroxylation sites is 2. The number of hydrogen-bond acceptors (Lipinski definition) is 3. The molecule has 100 valence electrons. The molecule has 5 heteroatoms. The predicted octanol–water partition coefficient (Wildman–Crippen LogP) is 3.58. The summed E-state index contributed by atoms with van der Waals surface area (Å²) in [7, 11) is 0. The minimum absolute atomic E-state index is 0.158. The van der Waals surface area contributed by atoms with Crippen molar-refractivity contribution in [3.8, 4) is 17.6 Å². The highest BCUT2D eigenvalue weighted by molar-refractivity contribution is 6.28. The summed E-state index contributed by atoms with van der Waals surface area (Å²) in [6.45, 7) is 0. The minimum atomic E-state index is 0.158. The molecule has 0 aromatic heterocycles. The summed E-state index contributed by atoms with van der Waals surface area (Å²) in [6.07, 6.45) is 0. The summed E-state index contributed by atoms with van der Waals surface area (Å²) >= 11 is 5.62. The van der Waals surface area contributed by atoms with Crippen molar-refractivity contribution in [2.45, 2.75) is 0 Å². The Labute approximate surface area is 122 Å². The Hall–Kier alpha value is -2.51. The van der Waals surface area contributed by atoms with Gasteiger partial charge in [0.15, 0.2) is 5.75 Å². The van der Waals surface area contributed by atoms with Gasteiger partial charge in [-0.2, -0.15) is 5.26 Å². The molecular weight excluding hydrogens is 274 g/mol. The molecule has 0 aliphatic heterocycles. The first-order chi connectivity index (χ1) is 9.72. The monoisotopic (exact) mass is 285 g/mol. The lowest BCUT2D eigenvalue weighted by Crippen LogP contribution is -2.12. The van der Waals surface area contributed by atoms with Crippen LogP contribution in [0.2, 0.25) is 0 Å². The fourth-order valence-corrected chi connectivity index (χ4v) is 1.60. The molecule has 0 aliphatic rings. The van der Waals surface area contributed by atoms with E-state index in [2.05, 4.69) is 11.1 Å². The van der Waals surface area contributed by atoms with Crippen molar-refractivity contribution in [1.82, 2.24) is 0 Å². The van der Waals surface area contributed by atoms with Gasteiger partial charge in [-0.3, -0.25) is 0 Å². The largest absolute Gasteiger partial charge is 0.455 e. The summed E-state index contributed by atoms with van der Waals surface area (Å²) in [5.41, 5.74) is 6.82. The molecule has 0 radical (unpaired) electrons. The van der Waals surface area contributed by atoms with E-state index in [1.165, 1.54) is 0 Å². The number of aliphatic imine (C=N–C) groups is 1. The Morgan fingerprint density at radius 3 is 2.55 bits per heavy atom. The van der Waals surface area contributed by atoms with Gasteiger partial charge in [0.05, 0.1) is 17.5 Å². The first-order valence-corrected chi connectivity index (χ1v) is 6.42. The lowest BCUT2D eigenvalue weighted by atomic mass is 10.2. The van der Waals surface area contributed by atoms with Gasteiger partial charge >= 0.3 is 0 Å². The van der Waals surface area contributed by atoms with Gasteiger partial charge < -0.3 is 10.5 Å². The van der Waals surface area contributed by atoms with Crippen LogP contribution in [-0.2, 0) is 0 Å². The first kappa shape index (κ1) is 13.9. The van der Waals surface area contributed by atoms with Gasteiger partial charge in [0.1, 0.15) is 17.3 Å². The maximum absolute atomic E-state index is 8.75. The van der Waals surface area contributed by atoms with Crippen LogP contribution in [0.3, 0.4) is 0 Å². The second kappa shape index (κ2) is 6.60. The molecule has 0 bridgehead atoms. The Morgan fingerprint density at radius 1 is 1.20 bits per heavy atom. The van der Waals surface area contributed by atoms with Crippen molar-refractivity contribution >= 4 is 23.1 Å². The number of nitrogens with two attached hydrogens (primary N) is 1. The summed E-state index contributed by atoms with van der Waals surface area (Å²) in [5, 5.41) is 8.75. The van der Waals surface area contributed by atoms with Crippen LogP contribution in [-0.4, -0.2) is 11.7 Å². The number of amidine groups is 1. The normalized spacial score (nSPS) is 10.9. The predicted molar refractivity (Wildman–Crippen MR) is 79.7 cm³/mol. The van der Waals surface area contributed by atoms with Crippen molar-refractivity contribution in [3.05, 3.63) is 54.1 Å². The number of halogens is 1. The van der Waals surface area contributed by atoms with E-state index in [1.807, 2.05) is 12.1 Å². The summed E-state index contributed by atoms with van der Waals surface area (Å²) in [6, 6.07) is 16.1. The summed E-state index contributed by atoms with van der Waals surface area (Å²) in [4.78, 5) is 4.19. The van der Waals surface area contributed by atoms with E-state index >= 15 is 0 Å². The number of nitriles is 1. The van der Waals surface area contributed by atoms with Crippen LogP contribution in [0.25, 0.3) is 0 Å². The quantitative estimate of drug-likeness (QED) is 0.530. The number of hydrogen-bond donors (Lipinski definition) is 1. The van der Waals surface area contributed by atoms with Crippen LogP contribution in [0.5, 0.6) is 11.5 Å². The average molecular weight is 286 g/mol. The van der Waals surface area contributed by atoms with Crippen LogP contribution in [0.1, 0.15) is 5.56 Å². The molecule has 0 fully saturated rings. The molecule has 0 saturated carbocycles. The highest BCUT2D eigenvalue weighted by atomic mass is 35.5. The van der Waals surface area contributed by atoms with Gasteiger partial charge in [0.2, 0.25) is 0 Å². The molecule has 2 rings (SSSR count). The number of nitrogens with zero attached hydrogens (tertiary/aromatic N) is 2. The molecule has 0 aliphatic carbocycles. The molecular formula is C15H12ClN3O. The van der Waals surface area contributed by atoms with E-state index in [9.17, 15) is 0 Å². The topological polar surface area (TPSA) is 71.4 Å². The fourth-order valence-electron chi connectivity index (χ4n) is 1.54. The smallest absolute Gasteiger partial charge is 0.153 e. The molecule has 0 spiro atoms. The van der Waals surface area contributed by atoms with Crippen LogP contribution >= 0.6 is 11.6 Å². The fraction of sp³-hybridized carbons (Fsp3) is 0.0667. The number of benzene rings is 2. The van der Waals surface area contributed by atoms with Gasteiger partial charge in [-0.1, -0.05) is 12.1 Å². The van der Waals surface area contributed by atoms with E-state index in [-0.39, 0.29) is 5.88 Å². The highest BCUT2D eigenvalue weighted by Crippen LogP contribution is 2.31. The molecule has 0 heterocycles. The van der Waals surface area contributed by atoms with E-state index in [0.29, 0.717) is 28.6 Å². The van der Waals surface area contributed by atoms with Crippen LogP contribution in [0.4, 0.5) is 5.69 Å². The average Bonchev–Trinajstić information content (AvgIpc) is 2.50. The van der Waals surface area contributed by atoms with Crippen molar-refractivity contribution < 1.29 is 4.74 Å². The van der Waals surface area contributed by atoms with Crippen LogP contribution in [0, 0.1) is 11.3 Å². The zero-order valence-electron chi connectivity index (χ0n) is 10.6. The van der Waals surface area contributed by atoms with Gasteiger partial charge in [-0.15, -0.1) is 11.6 Å². The molecule has 20 heavy (non-hydrogen) atoms. The second-order valence-electron chi connectivity index (χ2n) is 3.94. The maximum atomic E-state index is 8.75. The molecule has 0 unspecified atom stereocenters. The van der Waals surface area contributed by atoms with Crippen molar-refractivity contribution in [3.63, 3.8) is 0 Å². The lowest BCUT2D eigenvalue weighted by Gasteiger charge is -2.08. The Bertz CT molecular complexity index is 660. The minimum Gasteiger partial charge on any atom is -0.455 e. The van der Waals surface area contributed by atoms with Gasteiger partial charge in [0, 0.05) is 0 Å². The Morgan fingerprint density at radius 2 is 1.90 bits per heavy atom. The van der Waals surface area contributed by atoms with E-state index in [4.69, 9.17) is 27.3 Å². The van der Waals surface area contributed by atoms with Gasteiger partial charge in [0.25, 0.3) is 0 Å². The maximum Gasteiger partial charge on any atom is 0.153 e. The first-order valence-electron chi connectivity index (χ1n) is 5.89. The number of ether oxygens (including phenoxy) is 1. The van der Waals surface area contributed by atoms with Crippen molar-refractivity contribution in [1.29, 1.82) is 5.26 Å². The molecule has 0 saturated heterocycles.